The fourth-order valence-electron chi connectivity index (χ4n) is 3.79. The summed E-state index contributed by atoms with van der Waals surface area (Å²) in [6.45, 7) is 5.07. The highest BCUT2D eigenvalue weighted by molar-refractivity contribution is 5.21. The van der Waals surface area contributed by atoms with Crippen LogP contribution < -0.4 is 5.32 Å². The zero-order valence-corrected chi connectivity index (χ0v) is 17.1. The first kappa shape index (κ1) is 23.6. The number of hydrogen-bond acceptors (Lipinski definition) is 4. The summed E-state index contributed by atoms with van der Waals surface area (Å²) in [7, 11) is 0. The first-order valence-electron chi connectivity index (χ1n) is 11.1. The normalized spacial score (nSPS) is 26.1. The predicted octanol–water partition coefficient (Wildman–Crippen LogP) is 4.08. The van der Waals surface area contributed by atoms with Crippen LogP contribution in [0.1, 0.15) is 97.3 Å². The van der Waals surface area contributed by atoms with Gasteiger partial charge >= 0.3 is 0 Å². The molecule has 0 bridgehead atoms. The SMILES string of the molecule is CCCCCCCCCCCCCCN[C@@H]1C=C(CC)C(O)[C@H](O)C1O. The van der Waals surface area contributed by atoms with Crippen LogP contribution in [0.3, 0.4) is 0 Å². The monoisotopic (exact) mass is 369 g/mol. The van der Waals surface area contributed by atoms with Crippen molar-refractivity contribution in [2.24, 2.45) is 0 Å². The summed E-state index contributed by atoms with van der Waals surface area (Å²) in [5, 5.41) is 33.3. The van der Waals surface area contributed by atoms with E-state index in [0.717, 1.165) is 18.5 Å². The molecule has 0 saturated heterocycles. The molecule has 1 rings (SSSR count). The zero-order valence-electron chi connectivity index (χ0n) is 17.1. The molecule has 154 valence electrons. The summed E-state index contributed by atoms with van der Waals surface area (Å²) in [5.74, 6) is 0. The number of rotatable bonds is 15. The minimum Gasteiger partial charge on any atom is -0.388 e. The smallest absolute Gasteiger partial charge is 0.111 e. The second-order valence-corrected chi connectivity index (χ2v) is 7.89. The maximum Gasteiger partial charge on any atom is 0.111 e. The van der Waals surface area contributed by atoms with Crippen LogP contribution in [-0.2, 0) is 0 Å². The Morgan fingerprint density at radius 1 is 0.731 bits per heavy atom. The predicted molar refractivity (Wildman–Crippen MR) is 109 cm³/mol. The fourth-order valence-corrected chi connectivity index (χ4v) is 3.79. The van der Waals surface area contributed by atoms with E-state index < -0.39 is 18.3 Å². The zero-order chi connectivity index (χ0) is 19.2. The standard InChI is InChI=1S/C22H43NO3/c1-3-5-6-7-8-9-10-11-12-13-14-15-16-23-19-17-18(4-2)20(24)22(26)21(19)25/h17,19-26H,3-16H2,1-2H3/t19-,20?,21?,22+/m1/s1. The molecule has 0 saturated carbocycles. The van der Waals surface area contributed by atoms with E-state index in [2.05, 4.69) is 12.2 Å². The van der Waals surface area contributed by atoms with Crippen LogP contribution in [0.5, 0.6) is 0 Å². The average Bonchev–Trinajstić information content (AvgIpc) is 2.65. The Morgan fingerprint density at radius 2 is 1.23 bits per heavy atom. The molecule has 1 aliphatic carbocycles. The number of nitrogens with one attached hydrogen (secondary N) is 1. The lowest BCUT2D eigenvalue weighted by atomic mass is 9.87. The van der Waals surface area contributed by atoms with Gasteiger partial charge in [0.15, 0.2) is 0 Å². The highest BCUT2D eigenvalue weighted by Gasteiger charge is 2.36. The van der Waals surface area contributed by atoms with Gasteiger partial charge in [0, 0.05) is 0 Å². The lowest BCUT2D eigenvalue weighted by molar-refractivity contribution is -0.0621. The Kier molecular flexibility index (Phi) is 13.3. The number of hydrogen-bond donors (Lipinski definition) is 4. The van der Waals surface area contributed by atoms with Gasteiger partial charge in [-0.1, -0.05) is 90.6 Å². The van der Waals surface area contributed by atoms with Gasteiger partial charge in [-0.2, -0.15) is 0 Å². The Bertz CT molecular complexity index is 372. The molecular formula is C22H43NO3. The molecule has 4 atom stereocenters. The summed E-state index contributed by atoms with van der Waals surface area (Å²) in [5.41, 5.74) is 0.815. The van der Waals surface area contributed by atoms with Crippen LogP contribution in [0.25, 0.3) is 0 Å². The molecule has 0 spiro atoms. The van der Waals surface area contributed by atoms with Gasteiger partial charge in [-0.3, -0.25) is 0 Å². The van der Waals surface area contributed by atoms with E-state index in [1.165, 1.54) is 70.6 Å². The van der Waals surface area contributed by atoms with Crippen molar-refractivity contribution in [3.8, 4) is 0 Å². The van der Waals surface area contributed by atoms with Crippen molar-refractivity contribution >= 4 is 0 Å². The Morgan fingerprint density at radius 3 is 1.73 bits per heavy atom. The van der Waals surface area contributed by atoms with E-state index in [0.29, 0.717) is 6.42 Å². The Labute approximate surface area is 161 Å². The van der Waals surface area contributed by atoms with Crippen molar-refractivity contribution in [1.29, 1.82) is 0 Å². The molecule has 1 aliphatic rings. The summed E-state index contributed by atoms with van der Waals surface area (Å²) in [6.07, 6.45) is 15.6. The van der Waals surface area contributed by atoms with Gasteiger partial charge < -0.3 is 20.6 Å². The maximum atomic E-state index is 10.1. The molecular weight excluding hydrogens is 326 g/mol. The van der Waals surface area contributed by atoms with Crippen LogP contribution in [0.2, 0.25) is 0 Å². The minimum atomic E-state index is -1.09. The molecule has 0 aliphatic heterocycles. The van der Waals surface area contributed by atoms with E-state index >= 15 is 0 Å². The molecule has 2 unspecified atom stereocenters. The Hall–Kier alpha value is -0.420. The van der Waals surface area contributed by atoms with Crippen molar-refractivity contribution in [3.63, 3.8) is 0 Å². The third-order valence-corrected chi connectivity index (χ3v) is 5.63. The largest absolute Gasteiger partial charge is 0.388 e. The van der Waals surface area contributed by atoms with Crippen LogP contribution in [-0.4, -0.2) is 46.2 Å². The van der Waals surface area contributed by atoms with Crippen molar-refractivity contribution in [2.45, 2.75) is 122 Å². The van der Waals surface area contributed by atoms with Crippen molar-refractivity contribution in [2.75, 3.05) is 6.54 Å². The minimum absolute atomic E-state index is 0.254. The van der Waals surface area contributed by atoms with E-state index in [-0.39, 0.29) is 6.04 Å². The van der Waals surface area contributed by atoms with Crippen LogP contribution in [0, 0.1) is 0 Å². The van der Waals surface area contributed by atoms with Gasteiger partial charge in [-0.05, 0) is 25.0 Å². The van der Waals surface area contributed by atoms with Crippen molar-refractivity contribution in [3.05, 3.63) is 11.6 Å². The second-order valence-electron chi connectivity index (χ2n) is 7.89. The van der Waals surface area contributed by atoms with Crippen LogP contribution >= 0.6 is 0 Å². The van der Waals surface area contributed by atoms with Gasteiger partial charge in [0.25, 0.3) is 0 Å². The van der Waals surface area contributed by atoms with Crippen molar-refractivity contribution < 1.29 is 15.3 Å². The van der Waals surface area contributed by atoms with Gasteiger partial charge in [0.1, 0.15) is 18.3 Å². The molecule has 0 aromatic heterocycles. The van der Waals surface area contributed by atoms with Gasteiger partial charge in [0.05, 0.1) is 6.04 Å². The third kappa shape index (κ3) is 8.98. The van der Waals surface area contributed by atoms with E-state index in [1.54, 1.807) is 0 Å². The van der Waals surface area contributed by atoms with E-state index in [9.17, 15) is 15.3 Å². The topological polar surface area (TPSA) is 72.7 Å². The average molecular weight is 370 g/mol. The molecule has 4 N–H and O–H groups in total. The molecule has 0 heterocycles. The van der Waals surface area contributed by atoms with E-state index in [1.807, 2.05) is 13.0 Å². The lowest BCUT2D eigenvalue weighted by Gasteiger charge is -2.35. The van der Waals surface area contributed by atoms with Crippen LogP contribution in [0.15, 0.2) is 11.6 Å². The summed E-state index contributed by atoms with van der Waals surface area (Å²) >= 11 is 0. The van der Waals surface area contributed by atoms with Gasteiger partial charge in [-0.25, -0.2) is 0 Å². The first-order valence-corrected chi connectivity index (χ1v) is 11.1. The molecule has 0 radical (unpaired) electrons. The Balaban J connectivity index is 1.99. The molecule has 0 aromatic rings. The second kappa shape index (κ2) is 14.6. The van der Waals surface area contributed by atoms with Gasteiger partial charge in [0.2, 0.25) is 0 Å². The molecule has 4 nitrogen and oxygen atoms in total. The third-order valence-electron chi connectivity index (χ3n) is 5.63. The summed E-state index contributed by atoms with van der Waals surface area (Å²) in [6, 6.07) is -0.254. The van der Waals surface area contributed by atoms with Crippen molar-refractivity contribution in [1.82, 2.24) is 5.32 Å². The lowest BCUT2D eigenvalue weighted by Crippen LogP contribution is -2.53. The molecule has 0 aromatic carbocycles. The molecule has 26 heavy (non-hydrogen) atoms. The number of unbranched alkanes of at least 4 members (excludes halogenated alkanes) is 11. The molecule has 0 fully saturated rings. The first-order chi connectivity index (χ1) is 12.6. The quantitative estimate of drug-likeness (QED) is 0.259. The van der Waals surface area contributed by atoms with E-state index in [4.69, 9.17) is 0 Å². The highest BCUT2D eigenvalue weighted by Crippen LogP contribution is 2.22. The maximum absolute atomic E-state index is 10.1. The fraction of sp³-hybridized carbons (Fsp3) is 0.909. The van der Waals surface area contributed by atoms with Crippen LogP contribution in [0.4, 0.5) is 0 Å². The number of aliphatic hydroxyl groups is 3. The van der Waals surface area contributed by atoms with Gasteiger partial charge in [-0.15, -0.1) is 0 Å². The summed E-state index contributed by atoms with van der Waals surface area (Å²) in [4.78, 5) is 0. The highest BCUT2D eigenvalue weighted by atomic mass is 16.4. The molecule has 0 amide bonds. The molecule has 4 heteroatoms. The number of aliphatic hydroxyl groups excluding tert-OH is 3. The summed E-state index contributed by atoms with van der Waals surface area (Å²) < 4.78 is 0.